The van der Waals surface area contributed by atoms with Crippen molar-refractivity contribution in [3.8, 4) is 0 Å². The third-order valence-corrected chi connectivity index (χ3v) is 5.62. The van der Waals surface area contributed by atoms with E-state index in [1.807, 2.05) is 47.4 Å². The summed E-state index contributed by atoms with van der Waals surface area (Å²) in [5.74, 6) is 0.342. The van der Waals surface area contributed by atoms with E-state index in [0.29, 0.717) is 12.3 Å². The lowest BCUT2D eigenvalue weighted by Crippen LogP contribution is -2.35. The second-order valence-electron chi connectivity index (χ2n) is 8.29. The molecule has 1 saturated heterocycles. The van der Waals surface area contributed by atoms with Crippen LogP contribution in [0.4, 0.5) is 16.2 Å². The Labute approximate surface area is 179 Å². The number of nitrogens with one attached hydrogen (secondary N) is 2. The van der Waals surface area contributed by atoms with Gasteiger partial charge in [0.05, 0.1) is 0 Å². The van der Waals surface area contributed by atoms with Crippen LogP contribution in [0.3, 0.4) is 0 Å². The summed E-state index contributed by atoms with van der Waals surface area (Å²) in [5, 5.41) is 5.92. The topological polar surface area (TPSA) is 61.4 Å². The predicted octanol–water partition coefficient (Wildman–Crippen LogP) is 5.69. The van der Waals surface area contributed by atoms with Gasteiger partial charge in [0.2, 0.25) is 5.91 Å². The van der Waals surface area contributed by atoms with Gasteiger partial charge in [-0.2, -0.15) is 0 Å². The summed E-state index contributed by atoms with van der Waals surface area (Å²) in [6.45, 7) is 3.76. The normalized spacial score (nSPS) is 15.2. The standard InChI is InChI=1S/C25H33N3O2/c1-20(11-12-21-9-5-4-6-10-21)19-24(29)26-22-13-15-23(16-14-22)27-25(30)28-17-7-2-3-8-18-28/h4-6,9-10,13-16,20H,2-3,7-8,11-12,17-19H2,1H3,(H,26,29)(H,27,30). The molecule has 0 spiro atoms. The molecule has 5 heteroatoms. The van der Waals surface area contributed by atoms with E-state index in [2.05, 4.69) is 29.7 Å². The number of aryl methyl sites for hydroxylation is 1. The zero-order valence-corrected chi connectivity index (χ0v) is 17.9. The molecule has 2 aromatic rings. The molecule has 2 aromatic carbocycles. The highest BCUT2D eigenvalue weighted by Gasteiger charge is 2.15. The molecule has 0 bridgehead atoms. The third kappa shape index (κ3) is 7.21. The third-order valence-electron chi connectivity index (χ3n) is 5.62. The molecule has 1 fully saturated rings. The Balaban J connectivity index is 1.41. The molecule has 1 heterocycles. The number of anilines is 2. The number of urea groups is 1. The molecule has 1 unspecified atom stereocenters. The van der Waals surface area contributed by atoms with Crippen LogP contribution in [0.5, 0.6) is 0 Å². The summed E-state index contributed by atoms with van der Waals surface area (Å²) >= 11 is 0. The van der Waals surface area contributed by atoms with Gasteiger partial charge in [-0.25, -0.2) is 4.79 Å². The first-order valence-corrected chi connectivity index (χ1v) is 11.1. The van der Waals surface area contributed by atoms with Crippen LogP contribution in [-0.4, -0.2) is 29.9 Å². The molecule has 1 aliphatic heterocycles. The van der Waals surface area contributed by atoms with Gasteiger partial charge in [-0.05, 0) is 61.4 Å². The van der Waals surface area contributed by atoms with Crippen LogP contribution in [0.25, 0.3) is 0 Å². The average Bonchev–Trinajstić information content (AvgIpc) is 3.04. The molecular weight excluding hydrogens is 374 g/mol. The van der Waals surface area contributed by atoms with Crippen molar-refractivity contribution in [2.24, 2.45) is 5.92 Å². The summed E-state index contributed by atoms with van der Waals surface area (Å²) in [7, 11) is 0. The molecule has 1 aliphatic rings. The fraction of sp³-hybridized carbons (Fsp3) is 0.440. The molecule has 0 aliphatic carbocycles. The quantitative estimate of drug-likeness (QED) is 0.619. The average molecular weight is 408 g/mol. The Morgan fingerprint density at radius 3 is 2.10 bits per heavy atom. The van der Waals surface area contributed by atoms with E-state index in [1.165, 1.54) is 18.4 Å². The Morgan fingerprint density at radius 2 is 1.47 bits per heavy atom. The number of rotatable bonds is 7. The molecule has 0 aromatic heterocycles. The van der Waals surface area contributed by atoms with Crippen molar-refractivity contribution in [2.45, 2.75) is 51.9 Å². The minimum absolute atomic E-state index is 0.0249. The summed E-state index contributed by atoms with van der Waals surface area (Å²) in [6, 6.07) is 17.7. The van der Waals surface area contributed by atoms with Gasteiger partial charge in [0.1, 0.15) is 0 Å². The zero-order chi connectivity index (χ0) is 21.2. The lowest BCUT2D eigenvalue weighted by atomic mass is 9.98. The van der Waals surface area contributed by atoms with Crippen molar-refractivity contribution < 1.29 is 9.59 Å². The van der Waals surface area contributed by atoms with E-state index < -0.39 is 0 Å². The highest BCUT2D eigenvalue weighted by molar-refractivity contribution is 5.92. The Kier molecular flexibility index (Phi) is 8.30. The SMILES string of the molecule is CC(CCc1ccccc1)CC(=O)Nc1ccc(NC(=O)N2CCCCCC2)cc1. The summed E-state index contributed by atoms with van der Waals surface area (Å²) in [4.78, 5) is 26.7. The number of likely N-dealkylation sites (tertiary alicyclic amines) is 1. The van der Waals surface area contributed by atoms with Crippen molar-refractivity contribution in [2.75, 3.05) is 23.7 Å². The highest BCUT2D eigenvalue weighted by atomic mass is 16.2. The van der Waals surface area contributed by atoms with Crippen LogP contribution in [-0.2, 0) is 11.2 Å². The molecule has 5 nitrogen and oxygen atoms in total. The molecule has 30 heavy (non-hydrogen) atoms. The van der Waals surface area contributed by atoms with Gasteiger partial charge in [-0.3, -0.25) is 4.79 Å². The highest BCUT2D eigenvalue weighted by Crippen LogP contribution is 2.18. The number of nitrogens with zero attached hydrogens (tertiary/aromatic N) is 1. The number of carbonyl (C=O) groups excluding carboxylic acids is 2. The number of hydrogen-bond acceptors (Lipinski definition) is 2. The first kappa shape index (κ1) is 21.9. The van der Waals surface area contributed by atoms with Gasteiger partial charge in [-0.15, -0.1) is 0 Å². The van der Waals surface area contributed by atoms with Crippen LogP contribution < -0.4 is 10.6 Å². The van der Waals surface area contributed by atoms with Crippen molar-refractivity contribution in [3.05, 3.63) is 60.2 Å². The van der Waals surface area contributed by atoms with Gasteiger partial charge in [-0.1, -0.05) is 50.1 Å². The zero-order valence-electron chi connectivity index (χ0n) is 17.9. The molecular formula is C25H33N3O2. The van der Waals surface area contributed by atoms with Gasteiger partial charge in [0.15, 0.2) is 0 Å². The lowest BCUT2D eigenvalue weighted by molar-refractivity contribution is -0.117. The fourth-order valence-corrected chi connectivity index (χ4v) is 3.80. The molecule has 1 atom stereocenters. The summed E-state index contributed by atoms with van der Waals surface area (Å²) in [6.07, 6.45) is 7.01. The number of hydrogen-bond donors (Lipinski definition) is 2. The van der Waals surface area contributed by atoms with Crippen molar-refractivity contribution in [3.63, 3.8) is 0 Å². The van der Waals surface area contributed by atoms with E-state index in [0.717, 1.165) is 50.1 Å². The predicted molar refractivity (Wildman–Crippen MR) is 123 cm³/mol. The lowest BCUT2D eigenvalue weighted by Gasteiger charge is -2.20. The molecule has 2 N–H and O–H groups in total. The van der Waals surface area contributed by atoms with Crippen LogP contribution in [0.15, 0.2) is 54.6 Å². The van der Waals surface area contributed by atoms with Crippen molar-refractivity contribution >= 4 is 23.3 Å². The second-order valence-corrected chi connectivity index (χ2v) is 8.29. The second kappa shape index (κ2) is 11.4. The van der Waals surface area contributed by atoms with Gasteiger partial charge >= 0.3 is 6.03 Å². The largest absolute Gasteiger partial charge is 0.326 e. The van der Waals surface area contributed by atoms with E-state index in [1.54, 1.807) is 0 Å². The van der Waals surface area contributed by atoms with E-state index in [4.69, 9.17) is 0 Å². The maximum atomic E-state index is 12.4. The van der Waals surface area contributed by atoms with Crippen LogP contribution in [0.1, 0.15) is 51.0 Å². The molecule has 3 amide bonds. The summed E-state index contributed by atoms with van der Waals surface area (Å²) < 4.78 is 0. The fourth-order valence-electron chi connectivity index (χ4n) is 3.80. The smallest absolute Gasteiger partial charge is 0.321 e. The van der Waals surface area contributed by atoms with E-state index in [9.17, 15) is 9.59 Å². The number of benzene rings is 2. The first-order chi connectivity index (χ1) is 14.6. The summed E-state index contributed by atoms with van der Waals surface area (Å²) in [5.41, 5.74) is 2.81. The number of amides is 3. The van der Waals surface area contributed by atoms with Crippen LogP contribution >= 0.6 is 0 Å². The number of carbonyl (C=O) groups is 2. The van der Waals surface area contributed by atoms with Gasteiger partial charge in [0.25, 0.3) is 0 Å². The van der Waals surface area contributed by atoms with Crippen LogP contribution in [0, 0.1) is 5.92 Å². The molecule has 0 saturated carbocycles. The van der Waals surface area contributed by atoms with E-state index >= 15 is 0 Å². The van der Waals surface area contributed by atoms with Crippen molar-refractivity contribution in [1.82, 2.24) is 4.90 Å². The molecule has 3 rings (SSSR count). The first-order valence-electron chi connectivity index (χ1n) is 11.1. The maximum absolute atomic E-state index is 12.4. The van der Waals surface area contributed by atoms with E-state index in [-0.39, 0.29) is 11.9 Å². The van der Waals surface area contributed by atoms with Gasteiger partial charge < -0.3 is 15.5 Å². The minimum atomic E-state index is -0.0408. The minimum Gasteiger partial charge on any atom is -0.326 e. The Bertz CT molecular complexity index is 797. The van der Waals surface area contributed by atoms with Crippen molar-refractivity contribution in [1.29, 1.82) is 0 Å². The Morgan fingerprint density at radius 1 is 0.867 bits per heavy atom. The van der Waals surface area contributed by atoms with Gasteiger partial charge in [0, 0.05) is 30.9 Å². The molecule has 160 valence electrons. The molecule has 0 radical (unpaired) electrons. The van der Waals surface area contributed by atoms with Crippen LogP contribution in [0.2, 0.25) is 0 Å². The monoisotopic (exact) mass is 407 g/mol. The Hall–Kier alpha value is -2.82. The maximum Gasteiger partial charge on any atom is 0.321 e.